The van der Waals surface area contributed by atoms with Gasteiger partial charge in [0.1, 0.15) is 5.76 Å². The summed E-state index contributed by atoms with van der Waals surface area (Å²) in [5.74, 6) is 1.32. The smallest absolute Gasteiger partial charge is 0.227 e. The van der Waals surface area contributed by atoms with Crippen LogP contribution in [-0.2, 0) is 11.3 Å². The van der Waals surface area contributed by atoms with Gasteiger partial charge < -0.3 is 15.1 Å². The molecule has 0 aliphatic carbocycles. The molecule has 6 heteroatoms. The van der Waals surface area contributed by atoms with E-state index >= 15 is 0 Å². The molecule has 0 bridgehead atoms. The van der Waals surface area contributed by atoms with Crippen LogP contribution in [0, 0.1) is 6.92 Å². The lowest BCUT2D eigenvalue weighted by Gasteiger charge is -2.34. The Kier molecular flexibility index (Phi) is 5.41. The van der Waals surface area contributed by atoms with Gasteiger partial charge in [-0.25, -0.2) is 4.98 Å². The SMILES string of the molecule is Cc1oc(-c2cccc3ccccc23)nc1CN1CCN(CCC(N)=O)CC1. The van der Waals surface area contributed by atoms with Crippen molar-refractivity contribution >= 4 is 16.7 Å². The van der Waals surface area contributed by atoms with Crippen molar-refractivity contribution in [3.8, 4) is 11.5 Å². The summed E-state index contributed by atoms with van der Waals surface area (Å²) < 4.78 is 6.04. The Morgan fingerprint density at radius 3 is 2.57 bits per heavy atom. The summed E-state index contributed by atoms with van der Waals surface area (Å²) in [6.07, 6.45) is 0.427. The number of hydrogen-bond donors (Lipinski definition) is 1. The van der Waals surface area contributed by atoms with E-state index in [1.807, 2.05) is 25.1 Å². The van der Waals surface area contributed by atoms with E-state index in [1.54, 1.807) is 0 Å². The molecule has 1 saturated heterocycles. The number of nitrogens with zero attached hydrogens (tertiary/aromatic N) is 3. The number of hydrogen-bond acceptors (Lipinski definition) is 5. The highest BCUT2D eigenvalue weighted by atomic mass is 16.4. The second-order valence-corrected chi connectivity index (χ2v) is 7.38. The van der Waals surface area contributed by atoms with E-state index in [4.69, 9.17) is 15.1 Å². The van der Waals surface area contributed by atoms with Crippen molar-refractivity contribution in [3.63, 3.8) is 0 Å². The Balaban J connectivity index is 1.45. The van der Waals surface area contributed by atoms with Gasteiger partial charge in [-0.3, -0.25) is 9.69 Å². The van der Waals surface area contributed by atoms with Crippen LogP contribution < -0.4 is 5.73 Å². The van der Waals surface area contributed by atoms with Crippen LogP contribution in [0.25, 0.3) is 22.2 Å². The Labute approximate surface area is 164 Å². The van der Waals surface area contributed by atoms with E-state index in [1.165, 1.54) is 5.39 Å². The van der Waals surface area contributed by atoms with E-state index in [0.717, 1.165) is 61.7 Å². The van der Waals surface area contributed by atoms with Crippen LogP contribution in [0.4, 0.5) is 0 Å². The van der Waals surface area contributed by atoms with Gasteiger partial charge in [-0.15, -0.1) is 0 Å². The summed E-state index contributed by atoms with van der Waals surface area (Å²) in [5.41, 5.74) is 7.27. The van der Waals surface area contributed by atoms with Crippen molar-refractivity contribution in [2.45, 2.75) is 19.9 Å². The maximum Gasteiger partial charge on any atom is 0.227 e. The largest absolute Gasteiger partial charge is 0.441 e. The predicted molar refractivity (Wildman–Crippen MR) is 110 cm³/mol. The number of nitrogens with two attached hydrogens (primary N) is 1. The molecule has 0 spiro atoms. The standard InChI is InChI=1S/C22H26N4O2/c1-16-20(15-26-13-11-25(12-14-26)10-9-21(23)27)24-22(28-16)19-8-4-6-17-5-2-3-7-18(17)19/h2-8H,9-15H2,1H3,(H2,23,27). The van der Waals surface area contributed by atoms with Gasteiger partial charge in [0, 0.05) is 51.3 Å². The molecule has 1 aromatic heterocycles. The highest BCUT2D eigenvalue weighted by molar-refractivity contribution is 5.94. The van der Waals surface area contributed by atoms with Crippen molar-refractivity contribution in [3.05, 3.63) is 53.9 Å². The normalized spacial score (nSPS) is 15.9. The Morgan fingerprint density at radius 1 is 1.07 bits per heavy atom. The Hall–Kier alpha value is -2.70. The number of aromatic nitrogens is 1. The van der Waals surface area contributed by atoms with Crippen LogP contribution in [-0.4, -0.2) is 53.4 Å². The van der Waals surface area contributed by atoms with Gasteiger partial charge in [-0.1, -0.05) is 36.4 Å². The highest BCUT2D eigenvalue weighted by Gasteiger charge is 2.20. The number of carbonyl (C=O) groups is 1. The first-order valence-electron chi connectivity index (χ1n) is 9.77. The summed E-state index contributed by atoms with van der Waals surface area (Å²) in [4.78, 5) is 20.4. The third kappa shape index (κ3) is 4.08. The molecule has 0 atom stereocenters. The molecule has 3 aromatic rings. The number of rotatable bonds is 6. The minimum absolute atomic E-state index is 0.235. The average Bonchev–Trinajstić information content (AvgIpc) is 3.07. The number of primary amides is 1. The molecule has 2 N–H and O–H groups in total. The van der Waals surface area contributed by atoms with Crippen molar-refractivity contribution < 1.29 is 9.21 Å². The minimum atomic E-state index is -0.235. The molecule has 1 aliphatic heterocycles. The van der Waals surface area contributed by atoms with Gasteiger partial charge in [0.15, 0.2) is 0 Å². The monoisotopic (exact) mass is 378 g/mol. The number of fused-ring (bicyclic) bond motifs is 1. The maximum atomic E-state index is 11.0. The second kappa shape index (κ2) is 8.12. The number of oxazole rings is 1. The van der Waals surface area contributed by atoms with Crippen LogP contribution in [0.2, 0.25) is 0 Å². The molecular weight excluding hydrogens is 352 g/mol. The highest BCUT2D eigenvalue weighted by Crippen LogP contribution is 2.29. The topological polar surface area (TPSA) is 75.6 Å². The average molecular weight is 378 g/mol. The third-order valence-corrected chi connectivity index (χ3v) is 5.43. The van der Waals surface area contributed by atoms with Crippen LogP contribution in [0.3, 0.4) is 0 Å². The van der Waals surface area contributed by atoms with Gasteiger partial charge in [-0.2, -0.15) is 0 Å². The summed E-state index contributed by atoms with van der Waals surface area (Å²) in [7, 11) is 0. The minimum Gasteiger partial charge on any atom is -0.441 e. The Bertz CT molecular complexity index is 968. The molecule has 1 amide bonds. The molecule has 0 unspecified atom stereocenters. The maximum absolute atomic E-state index is 11.0. The summed E-state index contributed by atoms with van der Waals surface area (Å²) in [6.45, 7) is 7.31. The first-order chi connectivity index (χ1) is 13.6. The van der Waals surface area contributed by atoms with Crippen molar-refractivity contribution in [2.75, 3.05) is 32.7 Å². The van der Waals surface area contributed by atoms with E-state index in [2.05, 4.69) is 34.1 Å². The zero-order chi connectivity index (χ0) is 19.5. The van der Waals surface area contributed by atoms with E-state index in [9.17, 15) is 4.79 Å². The molecular formula is C22H26N4O2. The summed E-state index contributed by atoms with van der Waals surface area (Å²) in [6, 6.07) is 14.5. The molecule has 1 aliphatic rings. The fraction of sp³-hybridized carbons (Fsp3) is 0.364. The molecule has 28 heavy (non-hydrogen) atoms. The molecule has 2 aromatic carbocycles. The molecule has 2 heterocycles. The quantitative estimate of drug-likeness (QED) is 0.714. The number of carbonyl (C=O) groups excluding carboxylic acids is 1. The number of benzene rings is 2. The molecule has 6 nitrogen and oxygen atoms in total. The van der Waals surface area contributed by atoms with Gasteiger partial charge in [0.2, 0.25) is 11.8 Å². The van der Waals surface area contributed by atoms with E-state index < -0.39 is 0 Å². The molecule has 4 rings (SSSR count). The van der Waals surface area contributed by atoms with Crippen LogP contribution >= 0.6 is 0 Å². The summed E-state index contributed by atoms with van der Waals surface area (Å²) >= 11 is 0. The first-order valence-corrected chi connectivity index (χ1v) is 9.77. The molecule has 1 fully saturated rings. The molecule has 146 valence electrons. The predicted octanol–water partition coefficient (Wildman–Crippen LogP) is 2.80. The Morgan fingerprint density at radius 2 is 1.79 bits per heavy atom. The zero-order valence-electron chi connectivity index (χ0n) is 16.2. The van der Waals surface area contributed by atoms with Crippen molar-refractivity contribution in [2.24, 2.45) is 5.73 Å². The number of piperazine rings is 1. The van der Waals surface area contributed by atoms with Gasteiger partial charge in [-0.05, 0) is 23.8 Å². The lowest BCUT2D eigenvalue weighted by Crippen LogP contribution is -2.46. The summed E-state index contributed by atoms with van der Waals surface area (Å²) in [5, 5.41) is 2.34. The fourth-order valence-electron chi connectivity index (χ4n) is 3.75. The number of amides is 1. The lowest BCUT2D eigenvalue weighted by atomic mass is 10.0. The molecule has 0 saturated carbocycles. The second-order valence-electron chi connectivity index (χ2n) is 7.38. The van der Waals surface area contributed by atoms with E-state index in [-0.39, 0.29) is 5.91 Å². The fourth-order valence-corrected chi connectivity index (χ4v) is 3.75. The third-order valence-electron chi connectivity index (χ3n) is 5.43. The first kappa shape index (κ1) is 18.7. The van der Waals surface area contributed by atoms with Gasteiger partial charge >= 0.3 is 0 Å². The van der Waals surface area contributed by atoms with Crippen molar-refractivity contribution in [1.29, 1.82) is 0 Å². The van der Waals surface area contributed by atoms with E-state index in [0.29, 0.717) is 12.3 Å². The van der Waals surface area contributed by atoms with Crippen molar-refractivity contribution in [1.82, 2.24) is 14.8 Å². The van der Waals surface area contributed by atoms with Crippen LogP contribution in [0.5, 0.6) is 0 Å². The van der Waals surface area contributed by atoms with Crippen LogP contribution in [0.15, 0.2) is 46.9 Å². The van der Waals surface area contributed by atoms with Gasteiger partial charge in [0.05, 0.1) is 5.69 Å². The zero-order valence-corrected chi connectivity index (χ0v) is 16.2. The number of aryl methyl sites for hydroxylation is 1. The lowest BCUT2D eigenvalue weighted by molar-refractivity contribution is -0.118. The van der Waals surface area contributed by atoms with Crippen LogP contribution in [0.1, 0.15) is 17.9 Å². The van der Waals surface area contributed by atoms with Gasteiger partial charge in [0.25, 0.3) is 0 Å². The molecule has 0 radical (unpaired) electrons.